The highest BCUT2D eigenvalue weighted by molar-refractivity contribution is 6.09. The Kier molecular flexibility index (Phi) is 3.95. The molecule has 0 aromatic rings. The second-order valence-electron chi connectivity index (χ2n) is 7.29. The molecule has 2 saturated heterocycles. The largest absolute Gasteiger partial charge is 0.378 e. The highest BCUT2D eigenvalue weighted by Crippen LogP contribution is 2.53. The van der Waals surface area contributed by atoms with Crippen molar-refractivity contribution in [2.75, 3.05) is 26.3 Å². The number of morpholine rings is 1. The molecule has 6 heteroatoms. The van der Waals surface area contributed by atoms with Gasteiger partial charge in [-0.3, -0.25) is 19.3 Å². The quantitative estimate of drug-likeness (QED) is 0.565. The number of nitrogens with zero attached hydrogens (tertiary/aromatic N) is 2. The first-order valence-electron chi connectivity index (χ1n) is 9.05. The Morgan fingerprint density at radius 3 is 2.29 bits per heavy atom. The van der Waals surface area contributed by atoms with Crippen molar-refractivity contribution in [2.24, 2.45) is 23.7 Å². The maximum Gasteiger partial charge on any atom is 0.246 e. The molecule has 1 saturated carbocycles. The third-order valence-corrected chi connectivity index (χ3v) is 5.99. The predicted octanol–water partition coefficient (Wildman–Crippen LogP) is 0.821. The Bertz CT molecular complexity index is 566. The number of imide groups is 1. The Morgan fingerprint density at radius 1 is 1.17 bits per heavy atom. The van der Waals surface area contributed by atoms with Gasteiger partial charge in [0.25, 0.3) is 0 Å². The molecule has 6 nitrogen and oxygen atoms in total. The minimum absolute atomic E-state index is 0.0953. The molecule has 2 heterocycles. The van der Waals surface area contributed by atoms with Crippen LogP contribution in [0.1, 0.15) is 26.2 Å². The van der Waals surface area contributed by atoms with Gasteiger partial charge >= 0.3 is 0 Å². The van der Waals surface area contributed by atoms with Gasteiger partial charge in [0.2, 0.25) is 17.7 Å². The van der Waals surface area contributed by atoms with Crippen LogP contribution < -0.4 is 0 Å². The number of likely N-dealkylation sites (tertiary alicyclic amines) is 1. The SMILES string of the molecule is CCC[C@H](C(=O)N1CCOCC1)N1C(=O)[C@@H]2[C@H](C1=O)[C@@H]1C=C[C@H]2C1. The van der Waals surface area contributed by atoms with Crippen LogP contribution in [0.3, 0.4) is 0 Å². The van der Waals surface area contributed by atoms with E-state index in [0.29, 0.717) is 32.7 Å². The first kappa shape index (κ1) is 15.8. The number of hydrogen-bond donors (Lipinski definition) is 0. The molecule has 0 N–H and O–H groups in total. The van der Waals surface area contributed by atoms with E-state index >= 15 is 0 Å². The highest BCUT2D eigenvalue weighted by Gasteiger charge is 2.61. The van der Waals surface area contributed by atoms with Gasteiger partial charge in [0.05, 0.1) is 25.0 Å². The van der Waals surface area contributed by atoms with Crippen LogP contribution in [-0.4, -0.2) is 59.9 Å². The molecule has 0 unspecified atom stereocenters. The number of allylic oxidation sites excluding steroid dienone is 2. The molecule has 24 heavy (non-hydrogen) atoms. The molecule has 2 aliphatic carbocycles. The summed E-state index contributed by atoms with van der Waals surface area (Å²) in [5.41, 5.74) is 0. The Balaban J connectivity index is 1.58. The van der Waals surface area contributed by atoms with Crippen LogP contribution in [0.25, 0.3) is 0 Å². The van der Waals surface area contributed by atoms with Crippen molar-refractivity contribution in [3.05, 3.63) is 12.2 Å². The molecule has 0 spiro atoms. The number of fused-ring (bicyclic) bond motifs is 5. The molecule has 3 amide bonds. The number of rotatable bonds is 4. The summed E-state index contributed by atoms with van der Waals surface area (Å²) >= 11 is 0. The Hall–Kier alpha value is -1.69. The summed E-state index contributed by atoms with van der Waals surface area (Å²) in [6, 6.07) is -0.641. The van der Waals surface area contributed by atoms with E-state index in [1.54, 1.807) is 4.90 Å². The summed E-state index contributed by atoms with van der Waals surface area (Å²) in [7, 11) is 0. The summed E-state index contributed by atoms with van der Waals surface area (Å²) in [6.07, 6.45) is 6.38. The molecular weight excluding hydrogens is 308 g/mol. The summed E-state index contributed by atoms with van der Waals surface area (Å²) in [4.78, 5) is 42.0. The molecule has 5 atom stereocenters. The van der Waals surface area contributed by atoms with Crippen molar-refractivity contribution in [1.82, 2.24) is 9.80 Å². The van der Waals surface area contributed by atoms with Crippen LogP contribution in [0, 0.1) is 23.7 Å². The van der Waals surface area contributed by atoms with Crippen molar-refractivity contribution < 1.29 is 19.1 Å². The zero-order chi connectivity index (χ0) is 16.8. The molecule has 0 aromatic carbocycles. The standard InChI is InChI=1S/C18H24N2O4/c1-2-3-13(16(21)19-6-8-24-9-7-19)20-17(22)14-11-4-5-12(10-11)15(14)18(20)23/h4-5,11-15H,2-3,6-10H2,1H3/t11-,12+,13-,14-,15+/m1/s1. The fourth-order valence-electron chi connectivity index (χ4n) is 4.86. The van der Waals surface area contributed by atoms with Gasteiger partial charge in [0, 0.05) is 13.1 Å². The van der Waals surface area contributed by atoms with Crippen molar-refractivity contribution in [1.29, 1.82) is 0 Å². The lowest BCUT2D eigenvalue weighted by Crippen LogP contribution is -2.54. The van der Waals surface area contributed by atoms with E-state index in [0.717, 1.165) is 12.8 Å². The summed E-state index contributed by atoms with van der Waals surface area (Å²) in [6.45, 7) is 4.10. The third-order valence-electron chi connectivity index (χ3n) is 5.99. The highest BCUT2D eigenvalue weighted by atomic mass is 16.5. The normalized spacial score (nSPS) is 35.7. The molecule has 2 aliphatic heterocycles. The van der Waals surface area contributed by atoms with Crippen molar-refractivity contribution >= 4 is 17.7 Å². The molecule has 2 bridgehead atoms. The summed E-state index contributed by atoms with van der Waals surface area (Å²) < 4.78 is 5.30. The minimum atomic E-state index is -0.641. The lowest BCUT2D eigenvalue weighted by Gasteiger charge is -2.34. The molecule has 0 aromatic heterocycles. The molecule has 130 valence electrons. The number of ether oxygens (including phenoxy) is 1. The average molecular weight is 332 g/mol. The van der Waals surface area contributed by atoms with Gasteiger partial charge in [-0.2, -0.15) is 0 Å². The smallest absolute Gasteiger partial charge is 0.246 e. The second-order valence-corrected chi connectivity index (χ2v) is 7.29. The monoisotopic (exact) mass is 332 g/mol. The fraction of sp³-hybridized carbons (Fsp3) is 0.722. The zero-order valence-corrected chi connectivity index (χ0v) is 14.0. The third kappa shape index (κ3) is 2.23. The van der Waals surface area contributed by atoms with Crippen LogP contribution in [0.5, 0.6) is 0 Å². The molecule has 4 rings (SSSR count). The van der Waals surface area contributed by atoms with Crippen LogP contribution in [-0.2, 0) is 19.1 Å². The molecular formula is C18H24N2O4. The summed E-state index contributed by atoms with van der Waals surface area (Å²) in [5, 5.41) is 0. The number of hydrogen-bond acceptors (Lipinski definition) is 4. The van der Waals surface area contributed by atoms with Gasteiger partial charge < -0.3 is 9.64 Å². The van der Waals surface area contributed by atoms with Gasteiger partial charge in [-0.1, -0.05) is 25.5 Å². The number of carbonyl (C=O) groups excluding carboxylic acids is 3. The van der Waals surface area contributed by atoms with Gasteiger partial charge in [0.15, 0.2) is 0 Å². The molecule has 0 radical (unpaired) electrons. The molecule has 3 fully saturated rings. The lowest BCUT2D eigenvalue weighted by molar-refractivity contribution is -0.154. The van der Waals surface area contributed by atoms with Crippen LogP contribution in [0.15, 0.2) is 12.2 Å². The first-order valence-corrected chi connectivity index (χ1v) is 9.05. The van der Waals surface area contributed by atoms with Crippen molar-refractivity contribution in [3.8, 4) is 0 Å². The van der Waals surface area contributed by atoms with Crippen molar-refractivity contribution in [3.63, 3.8) is 0 Å². The van der Waals surface area contributed by atoms with E-state index in [4.69, 9.17) is 4.74 Å². The van der Waals surface area contributed by atoms with E-state index in [9.17, 15) is 14.4 Å². The van der Waals surface area contributed by atoms with Gasteiger partial charge in [-0.25, -0.2) is 0 Å². The van der Waals surface area contributed by atoms with E-state index in [2.05, 4.69) is 12.2 Å². The first-order chi connectivity index (χ1) is 11.6. The van der Waals surface area contributed by atoms with Crippen LogP contribution >= 0.6 is 0 Å². The van der Waals surface area contributed by atoms with E-state index in [1.165, 1.54) is 4.90 Å². The van der Waals surface area contributed by atoms with Crippen molar-refractivity contribution in [2.45, 2.75) is 32.2 Å². The lowest BCUT2D eigenvalue weighted by atomic mass is 9.85. The predicted molar refractivity (Wildman–Crippen MR) is 85.7 cm³/mol. The number of carbonyl (C=O) groups is 3. The van der Waals surface area contributed by atoms with Crippen LogP contribution in [0.2, 0.25) is 0 Å². The van der Waals surface area contributed by atoms with E-state index in [-0.39, 0.29) is 41.4 Å². The molecule has 4 aliphatic rings. The fourth-order valence-corrected chi connectivity index (χ4v) is 4.86. The van der Waals surface area contributed by atoms with Crippen LogP contribution in [0.4, 0.5) is 0 Å². The maximum atomic E-state index is 13.0. The Morgan fingerprint density at radius 2 is 1.75 bits per heavy atom. The minimum Gasteiger partial charge on any atom is -0.378 e. The van der Waals surface area contributed by atoms with Gasteiger partial charge in [-0.05, 0) is 24.7 Å². The number of amides is 3. The maximum absolute atomic E-state index is 13.0. The van der Waals surface area contributed by atoms with Gasteiger partial charge in [-0.15, -0.1) is 0 Å². The zero-order valence-electron chi connectivity index (χ0n) is 14.0. The second kappa shape index (κ2) is 5.99. The topological polar surface area (TPSA) is 66.9 Å². The van der Waals surface area contributed by atoms with E-state index in [1.807, 2.05) is 6.92 Å². The average Bonchev–Trinajstić information content (AvgIpc) is 3.28. The van der Waals surface area contributed by atoms with Gasteiger partial charge in [0.1, 0.15) is 6.04 Å². The summed E-state index contributed by atoms with van der Waals surface area (Å²) in [5.74, 6) is -0.441. The Labute approximate surface area is 141 Å². The van der Waals surface area contributed by atoms with E-state index < -0.39 is 6.04 Å².